The summed E-state index contributed by atoms with van der Waals surface area (Å²) >= 11 is 0. The van der Waals surface area contributed by atoms with E-state index < -0.39 is 35.6 Å². The Morgan fingerprint density at radius 1 is 0.912 bits per heavy atom. The molecule has 0 heterocycles. The zero-order valence-electron chi connectivity index (χ0n) is 19.2. The van der Waals surface area contributed by atoms with Crippen LogP contribution in [0.15, 0.2) is 42.5 Å². The summed E-state index contributed by atoms with van der Waals surface area (Å²) in [6.45, 7) is 5.04. The Morgan fingerprint density at radius 3 is 1.82 bits per heavy atom. The molecular formula is C25H29F7O2. The molecule has 1 aliphatic rings. The van der Waals surface area contributed by atoms with E-state index in [9.17, 15) is 35.5 Å². The van der Waals surface area contributed by atoms with Gasteiger partial charge in [-0.05, 0) is 60.2 Å². The highest BCUT2D eigenvalue weighted by Crippen LogP contribution is 2.40. The highest BCUT2D eigenvalue weighted by Gasteiger charge is 2.36. The molecule has 34 heavy (non-hydrogen) atoms. The number of hydrogen-bond acceptors (Lipinski definition) is 2. The molecule has 1 N–H and O–H groups in total. The lowest BCUT2D eigenvalue weighted by Gasteiger charge is -2.18. The van der Waals surface area contributed by atoms with Crippen LogP contribution in [0.25, 0.3) is 0 Å². The van der Waals surface area contributed by atoms with Crippen molar-refractivity contribution in [3.63, 3.8) is 0 Å². The van der Waals surface area contributed by atoms with Crippen molar-refractivity contribution in [3.05, 3.63) is 70.5 Å². The van der Waals surface area contributed by atoms with E-state index in [1.54, 1.807) is 0 Å². The van der Waals surface area contributed by atoms with Gasteiger partial charge in [-0.15, -0.1) is 0 Å². The first-order chi connectivity index (χ1) is 15.9. The molecule has 2 aromatic rings. The molecule has 3 rings (SSSR count). The number of carbonyl (C=O) groups is 1. The van der Waals surface area contributed by atoms with E-state index in [1.807, 2.05) is 32.9 Å². The summed E-state index contributed by atoms with van der Waals surface area (Å²) in [4.78, 5) is 11.8. The van der Waals surface area contributed by atoms with Gasteiger partial charge in [0.15, 0.2) is 0 Å². The van der Waals surface area contributed by atoms with Gasteiger partial charge in [-0.2, -0.15) is 26.3 Å². The second-order valence-corrected chi connectivity index (χ2v) is 7.59. The maximum Gasteiger partial charge on any atom is 0.416 e. The molecular weight excluding hydrogens is 465 g/mol. The lowest BCUT2D eigenvalue weighted by molar-refractivity contribution is -0.143. The van der Waals surface area contributed by atoms with Crippen molar-refractivity contribution in [1.82, 2.24) is 0 Å². The topological polar surface area (TPSA) is 37.3 Å². The Bertz CT molecular complexity index is 871. The smallest absolute Gasteiger partial charge is 0.392 e. The van der Waals surface area contributed by atoms with Crippen molar-refractivity contribution in [2.75, 3.05) is 0 Å². The molecule has 2 atom stereocenters. The van der Waals surface area contributed by atoms with Gasteiger partial charge in [0.05, 0.1) is 17.7 Å². The summed E-state index contributed by atoms with van der Waals surface area (Å²) in [5.74, 6) is 0.621. The van der Waals surface area contributed by atoms with E-state index in [2.05, 4.69) is 0 Å². The van der Waals surface area contributed by atoms with Crippen LogP contribution in [-0.4, -0.2) is 10.9 Å². The molecule has 0 saturated heterocycles. The van der Waals surface area contributed by atoms with Crippen LogP contribution in [0, 0.1) is 11.7 Å². The van der Waals surface area contributed by atoms with Crippen molar-refractivity contribution >= 4 is 5.78 Å². The third-order valence-electron chi connectivity index (χ3n) is 5.41. The fourth-order valence-corrected chi connectivity index (χ4v) is 3.83. The van der Waals surface area contributed by atoms with Crippen molar-refractivity contribution in [1.29, 1.82) is 0 Å². The van der Waals surface area contributed by atoms with Crippen LogP contribution in [0.2, 0.25) is 0 Å². The minimum Gasteiger partial charge on any atom is -0.392 e. The van der Waals surface area contributed by atoms with Crippen LogP contribution in [-0.2, 0) is 23.8 Å². The van der Waals surface area contributed by atoms with E-state index >= 15 is 0 Å². The fourth-order valence-electron chi connectivity index (χ4n) is 3.83. The number of ketones is 1. The van der Waals surface area contributed by atoms with Crippen LogP contribution in [0.4, 0.5) is 30.7 Å². The molecule has 0 spiro atoms. The van der Waals surface area contributed by atoms with Gasteiger partial charge in [0.1, 0.15) is 11.6 Å². The zero-order chi connectivity index (χ0) is 26.1. The van der Waals surface area contributed by atoms with E-state index in [-0.39, 0.29) is 17.8 Å². The van der Waals surface area contributed by atoms with Gasteiger partial charge < -0.3 is 5.11 Å². The summed E-state index contributed by atoms with van der Waals surface area (Å²) in [5, 5.41) is 8.58. The van der Waals surface area contributed by atoms with Crippen molar-refractivity contribution in [3.8, 4) is 0 Å². The van der Waals surface area contributed by atoms with Crippen LogP contribution in [0.1, 0.15) is 74.6 Å². The minimum atomic E-state index is -4.87. The highest BCUT2D eigenvalue weighted by molar-refractivity contribution is 5.82. The molecule has 2 unspecified atom stereocenters. The number of benzene rings is 2. The summed E-state index contributed by atoms with van der Waals surface area (Å²) in [5.41, 5.74) is -2.16. The predicted molar refractivity (Wildman–Crippen MR) is 115 cm³/mol. The number of rotatable bonds is 4. The van der Waals surface area contributed by atoms with Gasteiger partial charge in [0.2, 0.25) is 0 Å². The fraction of sp³-hybridized carbons (Fsp3) is 0.480. The maximum absolute atomic E-state index is 12.8. The average Bonchev–Trinajstić information content (AvgIpc) is 3.29. The van der Waals surface area contributed by atoms with Gasteiger partial charge in [0, 0.05) is 12.3 Å². The highest BCUT2D eigenvalue weighted by atomic mass is 19.4. The summed E-state index contributed by atoms with van der Waals surface area (Å²) in [7, 11) is 0. The first kappa shape index (κ1) is 29.6. The second-order valence-electron chi connectivity index (χ2n) is 7.59. The monoisotopic (exact) mass is 494 g/mol. The molecule has 1 saturated carbocycles. The molecule has 0 radical (unpaired) electrons. The molecule has 0 aliphatic heterocycles. The van der Waals surface area contributed by atoms with Gasteiger partial charge in [-0.25, -0.2) is 4.39 Å². The van der Waals surface area contributed by atoms with E-state index in [1.165, 1.54) is 12.1 Å². The number of aliphatic hydroxyl groups is 1. The molecule has 1 fully saturated rings. The van der Waals surface area contributed by atoms with Crippen LogP contribution in [0.3, 0.4) is 0 Å². The van der Waals surface area contributed by atoms with Crippen LogP contribution < -0.4 is 0 Å². The lowest BCUT2D eigenvalue weighted by atomic mass is 9.85. The van der Waals surface area contributed by atoms with Gasteiger partial charge in [0.25, 0.3) is 0 Å². The molecule has 0 bridgehead atoms. The number of aliphatic hydroxyl groups excluding tert-OH is 1. The average molecular weight is 494 g/mol. The molecule has 0 amide bonds. The Kier molecular flexibility index (Phi) is 11.2. The molecule has 9 heteroatoms. The number of carbonyl (C=O) groups excluding carboxylic acids is 1. The SMILES string of the molecule is CC.CCC(=O)C1CCCC1c1ccc(F)cc1.OCc1cc(C(F)(F)F)cc(C(F)(F)F)c1. The lowest BCUT2D eigenvalue weighted by Crippen LogP contribution is -2.16. The quantitative estimate of drug-likeness (QED) is 0.438. The van der Waals surface area contributed by atoms with Crippen LogP contribution >= 0.6 is 0 Å². The Labute approximate surface area is 194 Å². The maximum atomic E-state index is 12.8. The normalized spacial score (nSPS) is 17.9. The molecule has 190 valence electrons. The second kappa shape index (κ2) is 12.9. The summed E-state index contributed by atoms with van der Waals surface area (Å²) in [6, 6.07) is 7.59. The largest absolute Gasteiger partial charge is 0.416 e. The van der Waals surface area contributed by atoms with Gasteiger partial charge in [-0.1, -0.05) is 39.3 Å². The minimum absolute atomic E-state index is 0.0131. The molecule has 2 aromatic carbocycles. The van der Waals surface area contributed by atoms with Crippen molar-refractivity contribution in [2.24, 2.45) is 5.92 Å². The molecule has 0 aromatic heterocycles. The Hall–Kier alpha value is -2.42. The van der Waals surface area contributed by atoms with Gasteiger partial charge >= 0.3 is 12.4 Å². The molecule has 2 nitrogen and oxygen atoms in total. The summed E-state index contributed by atoms with van der Waals surface area (Å²) in [6.07, 6.45) is -5.96. The number of Topliss-reactive ketones (excluding diaryl/α,β-unsaturated/α-hetero) is 1. The predicted octanol–water partition coefficient (Wildman–Crippen LogP) is 7.93. The van der Waals surface area contributed by atoms with Crippen molar-refractivity contribution in [2.45, 2.75) is 71.3 Å². The van der Waals surface area contributed by atoms with E-state index in [0.29, 0.717) is 30.3 Å². The van der Waals surface area contributed by atoms with Crippen molar-refractivity contribution < 1.29 is 40.6 Å². The first-order valence-electron chi connectivity index (χ1n) is 11.0. The number of halogens is 7. The van der Waals surface area contributed by atoms with E-state index in [0.717, 1.165) is 24.8 Å². The third-order valence-corrected chi connectivity index (χ3v) is 5.41. The zero-order valence-corrected chi connectivity index (χ0v) is 19.2. The number of alkyl halides is 6. The summed E-state index contributed by atoms with van der Waals surface area (Å²) < 4.78 is 86.2. The van der Waals surface area contributed by atoms with Crippen LogP contribution in [0.5, 0.6) is 0 Å². The Balaban J connectivity index is 0.000000317. The van der Waals surface area contributed by atoms with Gasteiger partial charge in [-0.3, -0.25) is 4.79 Å². The van der Waals surface area contributed by atoms with E-state index in [4.69, 9.17) is 5.11 Å². The first-order valence-corrected chi connectivity index (χ1v) is 11.0. The third kappa shape index (κ3) is 8.42. The molecule has 1 aliphatic carbocycles. The standard InChI is InChI=1S/C14H17FO.C9H6F6O.C2H6/c1-2-14(16)13-5-3-4-12(13)10-6-8-11(15)9-7-10;10-8(11,12)6-1-5(4-16)2-7(3-6)9(13,14)15;1-2/h6-9,12-13H,2-5H2,1H3;1-3,16H,4H2;1-2H3. The number of hydrogen-bond donors (Lipinski definition) is 1. The Morgan fingerprint density at radius 2 is 1.41 bits per heavy atom.